The highest BCUT2D eigenvalue weighted by molar-refractivity contribution is 4.88. The second kappa shape index (κ2) is 4.21. The second-order valence-electron chi connectivity index (χ2n) is 3.81. The van der Waals surface area contributed by atoms with E-state index in [1.807, 2.05) is 0 Å². The quantitative estimate of drug-likeness (QED) is 0.683. The molecule has 1 saturated heterocycles. The molecule has 2 N–H and O–H groups in total. The van der Waals surface area contributed by atoms with Crippen molar-refractivity contribution in [2.75, 3.05) is 26.9 Å². The lowest BCUT2D eigenvalue weighted by Gasteiger charge is -2.30. The van der Waals surface area contributed by atoms with Crippen molar-refractivity contribution >= 4 is 0 Å². The molecule has 3 nitrogen and oxygen atoms in total. The highest BCUT2D eigenvalue weighted by Gasteiger charge is 2.32. The van der Waals surface area contributed by atoms with Crippen LogP contribution < -0.4 is 5.73 Å². The maximum absolute atomic E-state index is 6.15. The van der Waals surface area contributed by atoms with Crippen LogP contribution in [0.25, 0.3) is 0 Å². The minimum atomic E-state index is -0.119. The van der Waals surface area contributed by atoms with E-state index in [1.54, 1.807) is 7.11 Å². The number of hydrogen-bond donors (Lipinski definition) is 1. The van der Waals surface area contributed by atoms with Gasteiger partial charge < -0.3 is 15.2 Å². The van der Waals surface area contributed by atoms with Crippen LogP contribution in [0.3, 0.4) is 0 Å². The third-order valence-corrected chi connectivity index (χ3v) is 2.71. The molecule has 1 aliphatic heterocycles. The average molecular weight is 173 g/mol. The fraction of sp³-hybridized carbons (Fsp3) is 1.00. The van der Waals surface area contributed by atoms with Crippen LogP contribution in [0, 0.1) is 5.92 Å². The molecule has 2 atom stereocenters. The first-order valence-electron chi connectivity index (χ1n) is 4.52. The number of nitrogens with two attached hydrogens (primary N) is 1. The van der Waals surface area contributed by atoms with Crippen LogP contribution in [0.15, 0.2) is 0 Å². The van der Waals surface area contributed by atoms with Crippen LogP contribution in [0.4, 0.5) is 0 Å². The minimum absolute atomic E-state index is 0.119. The molecule has 1 aliphatic rings. The first-order valence-corrected chi connectivity index (χ1v) is 4.52. The van der Waals surface area contributed by atoms with Crippen LogP contribution >= 0.6 is 0 Å². The molecular formula is C9H19NO2. The van der Waals surface area contributed by atoms with Crippen LogP contribution in [0.2, 0.25) is 0 Å². The largest absolute Gasteiger partial charge is 0.385 e. The molecule has 1 rings (SSSR count). The van der Waals surface area contributed by atoms with Gasteiger partial charge in [-0.3, -0.25) is 0 Å². The Morgan fingerprint density at radius 2 is 2.42 bits per heavy atom. The van der Waals surface area contributed by atoms with Crippen molar-refractivity contribution in [3.05, 3.63) is 0 Å². The van der Waals surface area contributed by atoms with Crippen molar-refractivity contribution in [2.45, 2.75) is 25.3 Å². The molecule has 0 radical (unpaired) electrons. The van der Waals surface area contributed by atoms with Crippen molar-refractivity contribution in [1.29, 1.82) is 0 Å². The summed E-state index contributed by atoms with van der Waals surface area (Å²) >= 11 is 0. The number of methoxy groups -OCH3 is 1. The van der Waals surface area contributed by atoms with Gasteiger partial charge in [-0.05, 0) is 19.8 Å². The smallest absolute Gasteiger partial charge is 0.0512 e. The molecule has 12 heavy (non-hydrogen) atoms. The summed E-state index contributed by atoms with van der Waals surface area (Å²) in [5.41, 5.74) is 6.03. The Morgan fingerprint density at radius 3 is 2.92 bits per heavy atom. The summed E-state index contributed by atoms with van der Waals surface area (Å²) in [4.78, 5) is 0. The summed E-state index contributed by atoms with van der Waals surface area (Å²) in [5, 5.41) is 0. The number of ether oxygens (including phenoxy) is 2. The lowest BCUT2D eigenvalue weighted by molar-refractivity contribution is 0.132. The van der Waals surface area contributed by atoms with Crippen molar-refractivity contribution in [3.8, 4) is 0 Å². The first-order chi connectivity index (χ1) is 5.67. The van der Waals surface area contributed by atoms with Gasteiger partial charge >= 0.3 is 0 Å². The molecule has 0 spiro atoms. The Balaban J connectivity index is 2.34. The van der Waals surface area contributed by atoms with Gasteiger partial charge in [0.25, 0.3) is 0 Å². The Bertz CT molecular complexity index is 130. The normalized spacial score (nSPS) is 28.8. The van der Waals surface area contributed by atoms with E-state index in [0.717, 1.165) is 32.7 Å². The molecule has 1 heterocycles. The average Bonchev–Trinajstić information content (AvgIpc) is 2.53. The lowest BCUT2D eigenvalue weighted by atomic mass is 9.83. The fourth-order valence-corrected chi connectivity index (χ4v) is 1.58. The van der Waals surface area contributed by atoms with Crippen molar-refractivity contribution in [3.63, 3.8) is 0 Å². The van der Waals surface area contributed by atoms with E-state index in [-0.39, 0.29) is 5.54 Å². The molecule has 0 bridgehead atoms. The summed E-state index contributed by atoms with van der Waals surface area (Å²) in [5.74, 6) is 0.507. The van der Waals surface area contributed by atoms with Gasteiger partial charge in [-0.1, -0.05) is 0 Å². The molecule has 0 aromatic heterocycles. The zero-order valence-corrected chi connectivity index (χ0v) is 8.01. The Kier molecular flexibility index (Phi) is 3.50. The van der Waals surface area contributed by atoms with E-state index in [9.17, 15) is 0 Å². The Hall–Kier alpha value is -0.120. The fourth-order valence-electron chi connectivity index (χ4n) is 1.58. The maximum Gasteiger partial charge on any atom is 0.0512 e. The molecular weight excluding hydrogens is 154 g/mol. The molecule has 0 aliphatic carbocycles. The maximum atomic E-state index is 6.15. The van der Waals surface area contributed by atoms with Gasteiger partial charge in [0, 0.05) is 31.8 Å². The van der Waals surface area contributed by atoms with Crippen molar-refractivity contribution < 1.29 is 9.47 Å². The topological polar surface area (TPSA) is 44.5 Å². The first kappa shape index (κ1) is 9.96. The summed E-state index contributed by atoms with van der Waals surface area (Å²) in [6.07, 6.45) is 2.01. The molecule has 1 fully saturated rings. The van der Waals surface area contributed by atoms with E-state index in [0.29, 0.717) is 5.92 Å². The van der Waals surface area contributed by atoms with Crippen LogP contribution in [0.1, 0.15) is 19.8 Å². The molecule has 0 aromatic rings. The van der Waals surface area contributed by atoms with Gasteiger partial charge in [-0.2, -0.15) is 0 Å². The summed E-state index contributed by atoms with van der Waals surface area (Å²) in [7, 11) is 1.71. The van der Waals surface area contributed by atoms with Crippen LogP contribution in [-0.4, -0.2) is 32.5 Å². The zero-order valence-electron chi connectivity index (χ0n) is 8.01. The highest BCUT2D eigenvalue weighted by atomic mass is 16.5. The van der Waals surface area contributed by atoms with E-state index in [1.165, 1.54) is 0 Å². The summed E-state index contributed by atoms with van der Waals surface area (Å²) < 4.78 is 10.3. The van der Waals surface area contributed by atoms with Crippen LogP contribution in [-0.2, 0) is 9.47 Å². The molecule has 3 heteroatoms. The SMILES string of the molecule is COCCC(C)(N)C1CCOC1. The second-order valence-corrected chi connectivity index (χ2v) is 3.81. The number of rotatable bonds is 4. The van der Waals surface area contributed by atoms with E-state index in [2.05, 4.69) is 6.92 Å². The van der Waals surface area contributed by atoms with E-state index >= 15 is 0 Å². The van der Waals surface area contributed by atoms with Gasteiger partial charge in [-0.25, -0.2) is 0 Å². The van der Waals surface area contributed by atoms with Gasteiger partial charge in [-0.15, -0.1) is 0 Å². The Labute approximate surface area is 74.2 Å². The molecule has 0 saturated carbocycles. The monoisotopic (exact) mass is 173 g/mol. The standard InChI is InChI=1S/C9H19NO2/c1-9(10,4-6-11-2)8-3-5-12-7-8/h8H,3-7,10H2,1-2H3. The predicted molar refractivity (Wildman–Crippen MR) is 48.0 cm³/mol. The van der Waals surface area contributed by atoms with Crippen molar-refractivity contribution in [1.82, 2.24) is 0 Å². The molecule has 0 amide bonds. The summed E-state index contributed by atoms with van der Waals surface area (Å²) in [6.45, 7) is 4.51. The third kappa shape index (κ3) is 2.44. The lowest BCUT2D eigenvalue weighted by Crippen LogP contribution is -2.45. The van der Waals surface area contributed by atoms with Crippen LogP contribution in [0.5, 0.6) is 0 Å². The Morgan fingerprint density at radius 1 is 1.67 bits per heavy atom. The molecule has 2 unspecified atom stereocenters. The van der Waals surface area contributed by atoms with Gasteiger partial charge in [0.2, 0.25) is 0 Å². The molecule has 0 aromatic carbocycles. The minimum Gasteiger partial charge on any atom is -0.385 e. The summed E-state index contributed by atoms with van der Waals surface area (Å²) in [6, 6.07) is 0. The molecule has 72 valence electrons. The van der Waals surface area contributed by atoms with Crippen molar-refractivity contribution in [2.24, 2.45) is 11.7 Å². The van der Waals surface area contributed by atoms with E-state index < -0.39 is 0 Å². The zero-order chi connectivity index (χ0) is 9.03. The highest BCUT2D eigenvalue weighted by Crippen LogP contribution is 2.26. The van der Waals surface area contributed by atoms with Gasteiger partial charge in [0.1, 0.15) is 0 Å². The van der Waals surface area contributed by atoms with Gasteiger partial charge in [0.15, 0.2) is 0 Å². The number of hydrogen-bond acceptors (Lipinski definition) is 3. The van der Waals surface area contributed by atoms with E-state index in [4.69, 9.17) is 15.2 Å². The third-order valence-electron chi connectivity index (χ3n) is 2.71. The van der Waals surface area contributed by atoms with Gasteiger partial charge in [0.05, 0.1) is 6.61 Å². The predicted octanol–water partition coefficient (Wildman–Crippen LogP) is 0.777.